The van der Waals surface area contributed by atoms with E-state index in [-0.39, 0.29) is 11.4 Å². The molecule has 0 amide bonds. The van der Waals surface area contributed by atoms with Gasteiger partial charge in [-0.15, -0.1) is 4.91 Å². The molecule has 1 aliphatic heterocycles. The van der Waals surface area contributed by atoms with Gasteiger partial charge in [0.05, 0.1) is 5.71 Å². The van der Waals surface area contributed by atoms with Gasteiger partial charge in [0.2, 0.25) is 0 Å². The van der Waals surface area contributed by atoms with Crippen molar-refractivity contribution in [2.75, 3.05) is 12.3 Å². The third-order valence-electron chi connectivity index (χ3n) is 3.47. The number of hydrogen-bond donors (Lipinski definition) is 4. The Kier molecular flexibility index (Phi) is 4.63. The summed E-state index contributed by atoms with van der Waals surface area (Å²) in [6.07, 6.45) is 6.03. The van der Waals surface area contributed by atoms with Crippen molar-refractivity contribution < 1.29 is 4.28 Å². The topological polar surface area (TPSA) is 113 Å². The molecule has 1 saturated carbocycles. The summed E-state index contributed by atoms with van der Waals surface area (Å²) in [6.45, 7) is 0.569. The number of benzene rings is 1. The van der Waals surface area contributed by atoms with E-state index in [1.54, 1.807) is 12.1 Å². The van der Waals surface area contributed by atoms with Crippen LogP contribution in [0.2, 0.25) is 0 Å². The van der Waals surface area contributed by atoms with Crippen molar-refractivity contribution in [3.05, 3.63) is 52.2 Å². The molecular formula is C15H17N5O2S. The minimum Gasteiger partial charge on any atom is -0.398 e. The highest BCUT2D eigenvalue weighted by Gasteiger charge is 2.23. The number of nitrogens with one attached hydrogen (secondary N) is 3. The zero-order valence-electron chi connectivity index (χ0n) is 12.3. The summed E-state index contributed by atoms with van der Waals surface area (Å²) in [4.78, 5) is 10.7. The van der Waals surface area contributed by atoms with Crippen LogP contribution in [-0.2, 0) is 4.28 Å². The highest BCUT2D eigenvalue weighted by Crippen LogP contribution is 2.34. The van der Waals surface area contributed by atoms with Crippen molar-refractivity contribution in [3.63, 3.8) is 0 Å². The third kappa shape index (κ3) is 3.91. The zero-order chi connectivity index (χ0) is 16.2. The molecule has 2 aliphatic rings. The van der Waals surface area contributed by atoms with E-state index in [9.17, 15) is 4.91 Å². The number of allylic oxidation sites excluding steroid dienone is 2. The first-order valence-corrected chi connectivity index (χ1v) is 8.04. The summed E-state index contributed by atoms with van der Waals surface area (Å²) >= 11 is 1.42. The van der Waals surface area contributed by atoms with Crippen molar-refractivity contribution in [1.82, 2.24) is 10.8 Å². The van der Waals surface area contributed by atoms with E-state index in [0.717, 1.165) is 0 Å². The van der Waals surface area contributed by atoms with Gasteiger partial charge in [-0.25, -0.2) is 9.76 Å². The average molecular weight is 331 g/mol. The number of dihydropyridines is 1. The van der Waals surface area contributed by atoms with E-state index in [0.29, 0.717) is 34.4 Å². The van der Waals surface area contributed by atoms with Crippen LogP contribution in [0.3, 0.4) is 0 Å². The van der Waals surface area contributed by atoms with Gasteiger partial charge >= 0.3 is 0 Å². The SMILES string of the molecule is N=C(C1=CCNC(NOSC2CC2)=C1)c1cc(N=O)ccc1N. The summed E-state index contributed by atoms with van der Waals surface area (Å²) < 4.78 is 5.35. The first-order chi connectivity index (χ1) is 11.2. The van der Waals surface area contributed by atoms with Crippen molar-refractivity contribution >= 4 is 29.1 Å². The monoisotopic (exact) mass is 331 g/mol. The zero-order valence-corrected chi connectivity index (χ0v) is 13.2. The van der Waals surface area contributed by atoms with Crippen LogP contribution in [0.1, 0.15) is 18.4 Å². The molecule has 0 unspecified atom stereocenters. The van der Waals surface area contributed by atoms with E-state index in [1.165, 1.54) is 37.0 Å². The van der Waals surface area contributed by atoms with Crippen LogP contribution in [0.5, 0.6) is 0 Å². The molecule has 0 radical (unpaired) electrons. The molecule has 1 heterocycles. The van der Waals surface area contributed by atoms with E-state index in [4.69, 9.17) is 15.4 Å². The molecule has 1 aliphatic carbocycles. The Morgan fingerprint density at radius 2 is 2.30 bits per heavy atom. The van der Waals surface area contributed by atoms with Gasteiger partial charge in [0, 0.05) is 40.7 Å². The minimum absolute atomic E-state index is 0.239. The van der Waals surface area contributed by atoms with Crippen molar-refractivity contribution in [2.24, 2.45) is 5.18 Å². The molecule has 0 bridgehead atoms. The number of nitroso groups, excluding NO2 is 1. The molecule has 1 aromatic rings. The summed E-state index contributed by atoms with van der Waals surface area (Å²) in [5.74, 6) is 0.684. The lowest BCUT2D eigenvalue weighted by Gasteiger charge is -2.18. The highest BCUT2D eigenvalue weighted by molar-refractivity contribution is 7.95. The smallest absolute Gasteiger partial charge is 0.125 e. The number of nitrogens with two attached hydrogens (primary N) is 1. The van der Waals surface area contributed by atoms with Gasteiger partial charge in [0.1, 0.15) is 11.5 Å². The number of nitrogens with zero attached hydrogens (tertiary/aromatic N) is 1. The van der Waals surface area contributed by atoms with Crippen LogP contribution in [0.15, 0.2) is 46.9 Å². The molecule has 0 atom stereocenters. The Balaban J connectivity index is 1.71. The summed E-state index contributed by atoms with van der Waals surface area (Å²) in [5.41, 5.74) is 10.9. The van der Waals surface area contributed by atoms with Crippen LogP contribution < -0.4 is 16.5 Å². The fourth-order valence-electron chi connectivity index (χ4n) is 2.05. The van der Waals surface area contributed by atoms with E-state index in [2.05, 4.69) is 16.0 Å². The second-order valence-electron chi connectivity index (χ2n) is 5.32. The molecule has 5 N–H and O–H groups in total. The predicted molar refractivity (Wildman–Crippen MR) is 92.1 cm³/mol. The van der Waals surface area contributed by atoms with Crippen molar-refractivity contribution in [2.45, 2.75) is 18.1 Å². The van der Waals surface area contributed by atoms with Gasteiger partial charge in [0.25, 0.3) is 0 Å². The van der Waals surface area contributed by atoms with Gasteiger partial charge in [-0.3, -0.25) is 5.41 Å². The molecule has 7 nitrogen and oxygen atoms in total. The molecule has 1 fully saturated rings. The number of nitrogen functional groups attached to an aromatic ring is 1. The lowest BCUT2D eigenvalue weighted by Crippen LogP contribution is -2.29. The number of rotatable bonds is 7. The molecule has 23 heavy (non-hydrogen) atoms. The molecule has 3 rings (SSSR count). The lowest BCUT2D eigenvalue weighted by molar-refractivity contribution is 0.265. The second kappa shape index (κ2) is 6.84. The van der Waals surface area contributed by atoms with E-state index < -0.39 is 0 Å². The first-order valence-electron chi connectivity index (χ1n) is 7.23. The Labute approximate surface area is 138 Å². The van der Waals surface area contributed by atoms with Crippen LogP contribution >= 0.6 is 12.0 Å². The normalized spacial score (nSPS) is 16.9. The molecule has 0 spiro atoms. The maximum Gasteiger partial charge on any atom is 0.125 e. The second-order valence-corrected chi connectivity index (χ2v) is 6.34. The van der Waals surface area contributed by atoms with Gasteiger partial charge in [-0.1, -0.05) is 6.08 Å². The van der Waals surface area contributed by atoms with Gasteiger partial charge < -0.3 is 11.1 Å². The van der Waals surface area contributed by atoms with Crippen LogP contribution in [0.4, 0.5) is 11.4 Å². The van der Waals surface area contributed by atoms with Gasteiger partial charge in [0.15, 0.2) is 0 Å². The van der Waals surface area contributed by atoms with Crippen LogP contribution in [-0.4, -0.2) is 17.5 Å². The summed E-state index contributed by atoms with van der Waals surface area (Å²) in [6, 6.07) is 4.64. The van der Waals surface area contributed by atoms with Crippen molar-refractivity contribution in [1.29, 1.82) is 5.41 Å². The van der Waals surface area contributed by atoms with Crippen LogP contribution in [0, 0.1) is 10.3 Å². The minimum atomic E-state index is 0.239. The Morgan fingerprint density at radius 1 is 1.48 bits per heavy atom. The Morgan fingerprint density at radius 3 is 3.04 bits per heavy atom. The van der Waals surface area contributed by atoms with Gasteiger partial charge in [-0.2, -0.15) is 0 Å². The Bertz CT molecular complexity index is 697. The number of hydroxylamine groups is 1. The van der Waals surface area contributed by atoms with Crippen molar-refractivity contribution in [3.8, 4) is 0 Å². The number of hydrogen-bond acceptors (Lipinski definition) is 8. The highest BCUT2D eigenvalue weighted by atomic mass is 32.2. The summed E-state index contributed by atoms with van der Waals surface area (Å²) in [7, 11) is 0. The van der Waals surface area contributed by atoms with E-state index >= 15 is 0 Å². The predicted octanol–water partition coefficient (Wildman–Crippen LogP) is 2.74. The summed E-state index contributed by atoms with van der Waals surface area (Å²) in [5, 5.41) is 14.9. The molecule has 0 aromatic heterocycles. The molecule has 8 heteroatoms. The Hall–Kier alpha value is -2.32. The standard InChI is InChI=1S/C15H17N5O2S/c16-13-4-1-10(19-21)8-12(13)15(17)9-5-6-18-14(7-9)20-22-23-11-2-3-11/h1,4-5,7-8,11,17-18,20H,2-3,6,16H2. The third-order valence-corrected chi connectivity index (χ3v) is 4.40. The lowest BCUT2D eigenvalue weighted by atomic mass is 9.98. The fraction of sp³-hybridized carbons (Fsp3) is 0.267. The van der Waals surface area contributed by atoms with Gasteiger partial charge in [-0.05, 0) is 42.3 Å². The molecular weight excluding hydrogens is 314 g/mol. The first kappa shape index (κ1) is 15.6. The maximum absolute atomic E-state index is 10.7. The average Bonchev–Trinajstić information content (AvgIpc) is 3.39. The quantitative estimate of drug-likeness (QED) is 0.201. The number of anilines is 1. The van der Waals surface area contributed by atoms with Crippen LogP contribution in [0.25, 0.3) is 0 Å². The largest absolute Gasteiger partial charge is 0.398 e. The molecule has 1 aromatic carbocycles. The fourth-order valence-corrected chi connectivity index (χ4v) is 2.65. The maximum atomic E-state index is 10.7. The molecule has 0 saturated heterocycles. The van der Waals surface area contributed by atoms with E-state index in [1.807, 2.05) is 6.08 Å². The molecule has 120 valence electrons.